The van der Waals surface area contributed by atoms with Gasteiger partial charge in [0, 0.05) is 0 Å². The molecule has 0 amide bonds. The van der Waals surface area contributed by atoms with E-state index >= 15 is 0 Å². The van der Waals surface area contributed by atoms with Gasteiger partial charge in [0.05, 0.1) is 0 Å². The maximum atomic E-state index is 2.00. The summed E-state index contributed by atoms with van der Waals surface area (Å²) in [5.41, 5.74) is 0. The van der Waals surface area contributed by atoms with Gasteiger partial charge in [0.1, 0.15) is 0 Å². The van der Waals surface area contributed by atoms with Crippen LogP contribution in [0.1, 0.15) is 0 Å². The van der Waals surface area contributed by atoms with Gasteiger partial charge in [-0.25, -0.2) is 0 Å². The minimum Gasteiger partial charge on any atom is -1.00 e. The SMILES string of the molecule is [Cl-].[Th+2].c1ccccc1. The van der Waals surface area contributed by atoms with Crippen LogP contribution in [0.25, 0.3) is 0 Å². The van der Waals surface area contributed by atoms with Gasteiger partial charge in [-0.3, -0.25) is 0 Å². The van der Waals surface area contributed by atoms with Gasteiger partial charge in [0.15, 0.2) is 0 Å². The molecule has 0 radical (unpaired) electrons. The minimum atomic E-state index is 0. The normalized spacial score (nSPS) is 6.00. The fourth-order valence-electron chi connectivity index (χ4n) is 0.385. The second-order valence-corrected chi connectivity index (χ2v) is 1.15. The molecular formula is C6H6ClTh+. The molecule has 0 bridgehead atoms. The molecular weight excluding hydrogens is 340 g/mol. The molecule has 0 unspecified atom stereocenters. The average molecular weight is 346 g/mol. The van der Waals surface area contributed by atoms with Crippen LogP contribution in [0.2, 0.25) is 0 Å². The van der Waals surface area contributed by atoms with Gasteiger partial charge < -0.3 is 12.4 Å². The Morgan fingerprint density at radius 3 is 0.750 bits per heavy atom. The standard InChI is InChI=1S/C6H6.ClH.Th/c1-2-4-6-5-3-1;;/h1-6H;1H;/q;;+2/p-1. The van der Waals surface area contributed by atoms with Crippen LogP contribution in [-0.4, -0.2) is 0 Å². The molecule has 0 N–H and O–H groups in total. The summed E-state index contributed by atoms with van der Waals surface area (Å²) in [5, 5.41) is 0. The Morgan fingerprint density at radius 1 is 0.500 bits per heavy atom. The van der Waals surface area contributed by atoms with Crippen LogP contribution in [0.5, 0.6) is 0 Å². The van der Waals surface area contributed by atoms with Crippen LogP contribution >= 0.6 is 0 Å². The first-order valence-electron chi connectivity index (χ1n) is 2.00. The third-order valence-electron chi connectivity index (χ3n) is 0.667. The first kappa shape index (κ1) is 11.6. The van der Waals surface area contributed by atoms with Crippen molar-refractivity contribution in [1.29, 1.82) is 0 Å². The molecule has 0 spiro atoms. The summed E-state index contributed by atoms with van der Waals surface area (Å²) in [4.78, 5) is 0. The summed E-state index contributed by atoms with van der Waals surface area (Å²) in [6.45, 7) is 0. The number of hydrogen-bond acceptors (Lipinski definition) is 0. The summed E-state index contributed by atoms with van der Waals surface area (Å²) in [6, 6.07) is 12.0. The van der Waals surface area contributed by atoms with Crippen LogP contribution in [0.3, 0.4) is 0 Å². The van der Waals surface area contributed by atoms with Crippen LogP contribution in [0.15, 0.2) is 36.4 Å². The Morgan fingerprint density at radius 2 is 0.625 bits per heavy atom. The van der Waals surface area contributed by atoms with Gasteiger partial charge in [-0.2, -0.15) is 0 Å². The molecule has 0 aliphatic rings. The Labute approximate surface area is 87.8 Å². The fourth-order valence-corrected chi connectivity index (χ4v) is 0.385. The summed E-state index contributed by atoms with van der Waals surface area (Å²) in [5.74, 6) is 0. The zero-order chi connectivity index (χ0) is 4.24. The monoisotopic (exact) mass is 345 g/mol. The van der Waals surface area contributed by atoms with E-state index in [0.29, 0.717) is 0 Å². The Balaban J connectivity index is 0. The molecule has 0 atom stereocenters. The molecule has 1 rings (SSSR count). The van der Waals surface area contributed by atoms with E-state index in [4.69, 9.17) is 0 Å². The van der Waals surface area contributed by atoms with E-state index in [-0.39, 0.29) is 52.3 Å². The number of halogens is 1. The fraction of sp³-hybridized carbons (Fsp3) is 0. The zero-order valence-electron chi connectivity index (χ0n) is 4.34. The quantitative estimate of drug-likeness (QED) is 0.548. The van der Waals surface area contributed by atoms with Crippen molar-refractivity contribution < 1.29 is 52.3 Å². The van der Waals surface area contributed by atoms with Crippen LogP contribution in [0, 0.1) is 39.9 Å². The second-order valence-electron chi connectivity index (χ2n) is 1.15. The van der Waals surface area contributed by atoms with Gasteiger partial charge in [0.25, 0.3) is 0 Å². The molecule has 0 heterocycles. The molecule has 2 heteroatoms. The molecule has 0 aliphatic heterocycles. The Bertz CT molecular complexity index is 80.5. The van der Waals surface area contributed by atoms with Crippen LogP contribution in [0.4, 0.5) is 0 Å². The first-order chi connectivity index (χ1) is 3.00. The summed E-state index contributed by atoms with van der Waals surface area (Å²) in [7, 11) is 0. The largest absolute Gasteiger partial charge is 2.00 e. The van der Waals surface area contributed by atoms with Gasteiger partial charge in [-0.05, 0) is 0 Å². The van der Waals surface area contributed by atoms with Gasteiger partial charge >= 0.3 is 39.9 Å². The zero-order valence-corrected chi connectivity index (χ0v) is 9.21. The molecule has 1 aromatic rings. The molecule has 0 aliphatic carbocycles. The smallest absolute Gasteiger partial charge is 1.00 e. The van der Waals surface area contributed by atoms with Gasteiger partial charge in [0.2, 0.25) is 0 Å². The van der Waals surface area contributed by atoms with Crippen molar-refractivity contribution in [1.82, 2.24) is 0 Å². The molecule has 0 saturated heterocycles. The third-order valence-corrected chi connectivity index (χ3v) is 0.667. The topological polar surface area (TPSA) is 0 Å². The van der Waals surface area contributed by atoms with Crippen LogP contribution < -0.4 is 12.4 Å². The second kappa shape index (κ2) is 7.83. The maximum absolute atomic E-state index is 2.00. The Hall–Kier alpha value is 0.835. The van der Waals surface area contributed by atoms with Crippen molar-refractivity contribution >= 4 is 0 Å². The first-order valence-corrected chi connectivity index (χ1v) is 2.00. The van der Waals surface area contributed by atoms with Crippen molar-refractivity contribution in [2.75, 3.05) is 0 Å². The van der Waals surface area contributed by atoms with E-state index in [2.05, 4.69) is 0 Å². The molecule has 0 nitrogen and oxygen atoms in total. The van der Waals surface area contributed by atoms with E-state index in [0.717, 1.165) is 0 Å². The Kier molecular flexibility index (Phi) is 11.4. The number of benzene rings is 1. The summed E-state index contributed by atoms with van der Waals surface area (Å²) >= 11 is 0. The summed E-state index contributed by atoms with van der Waals surface area (Å²) < 4.78 is 0. The van der Waals surface area contributed by atoms with Crippen LogP contribution in [-0.2, 0) is 0 Å². The molecule has 0 aromatic heterocycles. The van der Waals surface area contributed by atoms with Crippen molar-refractivity contribution in [3.8, 4) is 0 Å². The van der Waals surface area contributed by atoms with Crippen molar-refractivity contribution in [3.63, 3.8) is 0 Å². The third kappa shape index (κ3) is 4.98. The summed E-state index contributed by atoms with van der Waals surface area (Å²) in [6.07, 6.45) is 0. The predicted octanol–water partition coefficient (Wildman–Crippen LogP) is -1.31. The maximum Gasteiger partial charge on any atom is 2.00 e. The molecule has 40 valence electrons. The molecule has 1 aromatic carbocycles. The van der Waals surface area contributed by atoms with E-state index in [1.807, 2.05) is 36.4 Å². The van der Waals surface area contributed by atoms with Crippen molar-refractivity contribution in [3.05, 3.63) is 36.4 Å². The van der Waals surface area contributed by atoms with E-state index in [9.17, 15) is 0 Å². The number of rotatable bonds is 0. The van der Waals surface area contributed by atoms with Crippen molar-refractivity contribution in [2.45, 2.75) is 0 Å². The number of hydrogen-bond donors (Lipinski definition) is 0. The van der Waals surface area contributed by atoms with E-state index in [1.165, 1.54) is 0 Å². The molecule has 8 heavy (non-hydrogen) atoms. The molecule has 0 fully saturated rings. The van der Waals surface area contributed by atoms with E-state index < -0.39 is 0 Å². The van der Waals surface area contributed by atoms with E-state index in [1.54, 1.807) is 0 Å². The van der Waals surface area contributed by atoms with Gasteiger partial charge in [-0.1, -0.05) is 36.4 Å². The predicted molar refractivity (Wildman–Crippen MR) is 26.4 cm³/mol. The molecule has 0 saturated carbocycles. The van der Waals surface area contributed by atoms with Crippen molar-refractivity contribution in [2.24, 2.45) is 0 Å². The average Bonchev–Trinajstić information content (AvgIpc) is 1.72. The van der Waals surface area contributed by atoms with Gasteiger partial charge in [-0.15, -0.1) is 0 Å². The minimum absolute atomic E-state index is 0.